The number of benzene rings is 2. The molecule has 0 N–H and O–H groups in total. The summed E-state index contributed by atoms with van der Waals surface area (Å²) in [6, 6.07) is 9.22. The Balaban J connectivity index is 1.51. The first-order valence-corrected chi connectivity index (χ1v) is 15.6. The molecule has 3 unspecified atom stereocenters. The second-order valence-corrected chi connectivity index (χ2v) is 13.2. The molecular weight excluding hydrogens is 480 g/mol. The van der Waals surface area contributed by atoms with E-state index in [2.05, 4.69) is 48.5 Å². The lowest BCUT2D eigenvalue weighted by molar-refractivity contribution is 0.0508. The Morgan fingerprint density at radius 2 is 1.44 bits per heavy atom. The molecule has 39 heavy (non-hydrogen) atoms. The van der Waals surface area contributed by atoms with Crippen molar-refractivity contribution in [3.8, 4) is 11.5 Å². The van der Waals surface area contributed by atoms with E-state index in [1.54, 1.807) is 12.1 Å². The normalized spacial score (nSPS) is 18.4. The fraction of sp³-hybridized carbons (Fsp3) is 0.639. The third kappa shape index (κ3) is 8.85. The van der Waals surface area contributed by atoms with Crippen LogP contribution in [-0.4, -0.2) is 11.6 Å². The monoisotopic (exact) mass is 534 g/mol. The van der Waals surface area contributed by atoms with Crippen molar-refractivity contribution in [3.05, 3.63) is 58.1 Å². The summed E-state index contributed by atoms with van der Waals surface area (Å²) >= 11 is 0. The molecule has 0 spiro atoms. The van der Waals surface area contributed by atoms with E-state index in [0.717, 1.165) is 59.5 Å². The van der Waals surface area contributed by atoms with Gasteiger partial charge in [0.1, 0.15) is 17.1 Å². The largest absolute Gasteiger partial charge is 0.487 e. The van der Waals surface area contributed by atoms with Gasteiger partial charge in [-0.3, -0.25) is 0 Å². The predicted octanol–water partition coefficient (Wildman–Crippen LogP) is 10.4. The van der Waals surface area contributed by atoms with Gasteiger partial charge in [-0.15, -0.1) is 0 Å². The number of ether oxygens (including phenoxy) is 2. The van der Waals surface area contributed by atoms with Gasteiger partial charge in [-0.2, -0.15) is 0 Å². The number of hydrogen-bond acceptors (Lipinski definition) is 3. The molecule has 0 amide bonds. The van der Waals surface area contributed by atoms with Crippen LogP contribution in [0, 0.1) is 38.5 Å². The predicted molar refractivity (Wildman–Crippen MR) is 164 cm³/mol. The second-order valence-electron chi connectivity index (χ2n) is 13.2. The number of carbonyl (C=O) groups excluding carboxylic acids is 1. The van der Waals surface area contributed by atoms with Crippen LogP contribution in [0.1, 0.15) is 131 Å². The van der Waals surface area contributed by atoms with Crippen LogP contribution in [0.4, 0.5) is 0 Å². The zero-order chi connectivity index (χ0) is 28.6. The number of rotatable bonds is 14. The van der Waals surface area contributed by atoms with Gasteiger partial charge in [0.15, 0.2) is 0 Å². The van der Waals surface area contributed by atoms with Crippen LogP contribution < -0.4 is 9.47 Å². The minimum absolute atomic E-state index is 0.135. The van der Waals surface area contributed by atoms with Crippen molar-refractivity contribution in [2.45, 2.75) is 132 Å². The molecule has 3 heteroatoms. The molecule has 0 aromatic heterocycles. The lowest BCUT2D eigenvalue weighted by atomic mass is 9.83. The number of hydrogen-bond donors (Lipinski definition) is 0. The smallest absolute Gasteiger partial charge is 0.343 e. The van der Waals surface area contributed by atoms with Crippen molar-refractivity contribution < 1.29 is 14.3 Å². The van der Waals surface area contributed by atoms with E-state index in [1.807, 2.05) is 25.1 Å². The number of fused-ring (bicyclic) bond motifs is 1. The van der Waals surface area contributed by atoms with Crippen LogP contribution >= 0.6 is 0 Å². The lowest BCUT2D eigenvalue weighted by Gasteiger charge is -2.38. The van der Waals surface area contributed by atoms with Crippen molar-refractivity contribution in [2.75, 3.05) is 0 Å². The maximum atomic E-state index is 12.8. The second kappa shape index (κ2) is 14.4. The lowest BCUT2D eigenvalue weighted by Crippen LogP contribution is -2.37. The Hall–Kier alpha value is -2.29. The van der Waals surface area contributed by atoms with E-state index in [1.165, 1.54) is 56.9 Å². The van der Waals surface area contributed by atoms with E-state index in [4.69, 9.17) is 9.47 Å². The molecule has 3 rings (SSSR count). The van der Waals surface area contributed by atoms with Gasteiger partial charge in [0.2, 0.25) is 0 Å². The third-order valence-corrected chi connectivity index (χ3v) is 9.04. The minimum atomic E-state index is -0.308. The van der Waals surface area contributed by atoms with Crippen LogP contribution in [0.5, 0.6) is 11.5 Å². The average molecular weight is 535 g/mol. The quantitative estimate of drug-likeness (QED) is 0.179. The summed E-state index contributed by atoms with van der Waals surface area (Å²) in [6.07, 6.45) is 13.8. The molecule has 0 saturated carbocycles. The Morgan fingerprint density at radius 3 is 2.05 bits per heavy atom. The number of carbonyl (C=O) groups is 1. The van der Waals surface area contributed by atoms with Gasteiger partial charge in [-0.1, -0.05) is 90.8 Å². The van der Waals surface area contributed by atoms with Crippen molar-refractivity contribution in [1.82, 2.24) is 0 Å². The zero-order valence-electron chi connectivity index (χ0n) is 26.1. The van der Waals surface area contributed by atoms with E-state index < -0.39 is 0 Å². The third-order valence-electron chi connectivity index (χ3n) is 9.04. The summed E-state index contributed by atoms with van der Waals surface area (Å²) in [5.41, 5.74) is 4.75. The van der Waals surface area contributed by atoms with Gasteiger partial charge < -0.3 is 9.47 Å². The molecule has 3 nitrogen and oxygen atoms in total. The van der Waals surface area contributed by atoms with Crippen molar-refractivity contribution in [1.29, 1.82) is 0 Å². The van der Waals surface area contributed by atoms with Crippen molar-refractivity contribution in [2.24, 2.45) is 17.8 Å². The Kier molecular flexibility index (Phi) is 11.5. The summed E-state index contributed by atoms with van der Waals surface area (Å²) in [7, 11) is 0. The Labute approximate surface area is 239 Å². The van der Waals surface area contributed by atoms with E-state index in [0.29, 0.717) is 11.3 Å². The fourth-order valence-electron chi connectivity index (χ4n) is 6.14. The molecule has 3 atom stereocenters. The minimum Gasteiger partial charge on any atom is -0.487 e. The summed E-state index contributed by atoms with van der Waals surface area (Å²) in [5, 5.41) is 0. The summed E-state index contributed by atoms with van der Waals surface area (Å²) in [5.74, 6) is 3.87. The van der Waals surface area contributed by atoms with E-state index in [9.17, 15) is 4.79 Å². The highest BCUT2D eigenvalue weighted by Gasteiger charge is 2.35. The van der Waals surface area contributed by atoms with Crippen LogP contribution in [0.3, 0.4) is 0 Å². The van der Waals surface area contributed by atoms with Gasteiger partial charge in [0.05, 0.1) is 5.56 Å². The van der Waals surface area contributed by atoms with Crippen molar-refractivity contribution in [3.63, 3.8) is 0 Å². The molecule has 1 aliphatic rings. The highest BCUT2D eigenvalue weighted by molar-refractivity contribution is 5.91. The highest BCUT2D eigenvalue weighted by Crippen LogP contribution is 2.45. The highest BCUT2D eigenvalue weighted by atomic mass is 16.5. The van der Waals surface area contributed by atoms with Crippen LogP contribution in [0.2, 0.25) is 0 Å². The van der Waals surface area contributed by atoms with E-state index >= 15 is 0 Å². The van der Waals surface area contributed by atoms with Gasteiger partial charge in [-0.25, -0.2) is 4.79 Å². The number of esters is 1. The summed E-state index contributed by atoms with van der Waals surface area (Å²) in [6.45, 7) is 18.0. The van der Waals surface area contributed by atoms with Crippen LogP contribution in [0.15, 0.2) is 30.3 Å². The van der Waals surface area contributed by atoms with Crippen LogP contribution in [0.25, 0.3) is 0 Å². The summed E-state index contributed by atoms with van der Waals surface area (Å²) < 4.78 is 12.7. The molecule has 2 aromatic rings. The van der Waals surface area contributed by atoms with Gasteiger partial charge >= 0.3 is 5.97 Å². The molecule has 0 fully saturated rings. The van der Waals surface area contributed by atoms with Gasteiger partial charge in [0.25, 0.3) is 0 Å². The fourth-order valence-corrected chi connectivity index (χ4v) is 6.14. The molecule has 2 aromatic carbocycles. The van der Waals surface area contributed by atoms with Crippen molar-refractivity contribution >= 4 is 5.97 Å². The van der Waals surface area contributed by atoms with E-state index in [-0.39, 0.29) is 11.6 Å². The standard InChI is InChI=1S/C36H54O3/c1-25(2)15-12-16-26(3)17-13-18-27(4)19-14-23-36(8)24-22-32-30(7)33(28(5)29(6)34(32)39-36)38-35(37)31-20-10-9-11-21-31/h9-11,20-21,25-27H,12-19,22-24H2,1-8H3. The molecule has 0 aliphatic carbocycles. The molecule has 0 radical (unpaired) electrons. The summed E-state index contributed by atoms with van der Waals surface area (Å²) in [4.78, 5) is 12.8. The first-order valence-electron chi connectivity index (χ1n) is 15.6. The molecule has 216 valence electrons. The SMILES string of the molecule is Cc1c(C)c2c(c(C)c1OC(=O)c1ccccc1)CCC(C)(CCCC(C)CCCC(C)CCCC(C)C)O2. The van der Waals surface area contributed by atoms with Crippen LogP contribution in [-0.2, 0) is 6.42 Å². The maximum Gasteiger partial charge on any atom is 0.343 e. The maximum absolute atomic E-state index is 12.8. The first-order chi connectivity index (χ1) is 18.5. The molecular formula is C36H54O3. The Morgan fingerprint density at radius 1 is 0.846 bits per heavy atom. The average Bonchev–Trinajstić information content (AvgIpc) is 2.90. The molecule has 0 saturated heterocycles. The zero-order valence-corrected chi connectivity index (χ0v) is 26.1. The van der Waals surface area contributed by atoms with Gasteiger partial charge in [-0.05, 0) is 100.0 Å². The Bertz CT molecular complexity index is 1070. The molecule has 1 heterocycles. The van der Waals surface area contributed by atoms with Gasteiger partial charge in [0, 0.05) is 5.56 Å². The molecule has 0 bridgehead atoms. The topological polar surface area (TPSA) is 35.5 Å². The molecule has 1 aliphatic heterocycles. The first kappa shape index (κ1) is 31.2.